The van der Waals surface area contributed by atoms with Crippen LogP contribution in [-0.4, -0.2) is 55.6 Å². The maximum atomic E-state index is 13.3. The SMILES string of the molecule is CCOc1cccc(OCC)c1NC(=O)CN1CCC(NC(=O)c2cccc(F)c2)CC1. The first-order valence-electron chi connectivity index (χ1n) is 11.0. The molecule has 1 fully saturated rings. The van der Waals surface area contributed by atoms with Gasteiger partial charge in [-0.15, -0.1) is 0 Å². The quantitative estimate of drug-likeness (QED) is 0.621. The van der Waals surface area contributed by atoms with Crippen molar-refractivity contribution in [2.75, 3.05) is 38.2 Å². The molecular formula is C24H30FN3O4. The molecular weight excluding hydrogens is 413 g/mol. The highest BCUT2D eigenvalue weighted by Gasteiger charge is 2.23. The molecule has 172 valence electrons. The monoisotopic (exact) mass is 443 g/mol. The summed E-state index contributed by atoms with van der Waals surface area (Å²) in [6.45, 7) is 6.31. The lowest BCUT2D eigenvalue weighted by Crippen LogP contribution is -2.46. The number of rotatable bonds is 9. The average Bonchev–Trinajstić information content (AvgIpc) is 2.77. The van der Waals surface area contributed by atoms with E-state index in [9.17, 15) is 14.0 Å². The first kappa shape index (κ1) is 23.5. The summed E-state index contributed by atoms with van der Waals surface area (Å²) in [5, 5.41) is 5.88. The lowest BCUT2D eigenvalue weighted by molar-refractivity contribution is -0.117. The fraction of sp³-hybridized carbons (Fsp3) is 0.417. The molecule has 0 atom stereocenters. The number of hydrogen-bond donors (Lipinski definition) is 2. The van der Waals surface area contributed by atoms with E-state index in [1.165, 1.54) is 18.2 Å². The number of piperidine rings is 1. The minimum Gasteiger partial charge on any atom is -0.492 e. The first-order valence-corrected chi connectivity index (χ1v) is 11.0. The molecule has 0 saturated carbocycles. The van der Waals surface area contributed by atoms with Crippen LogP contribution in [-0.2, 0) is 4.79 Å². The zero-order valence-corrected chi connectivity index (χ0v) is 18.5. The predicted octanol–water partition coefficient (Wildman–Crippen LogP) is 3.46. The fourth-order valence-corrected chi connectivity index (χ4v) is 3.70. The van der Waals surface area contributed by atoms with Crippen LogP contribution in [0.5, 0.6) is 11.5 Å². The highest BCUT2D eigenvalue weighted by molar-refractivity contribution is 5.95. The van der Waals surface area contributed by atoms with Crippen molar-refractivity contribution in [1.29, 1.82) is 0 Å². The molecule has 1 aliphatic heterocycles. The van der Waals surface area contributed by atoms with Crippen molar-refractivity contribution >= 4 is 17.5 Å². The minimum absolute atomic E-state index is 0.00619. The smallest absolute Gasteiger partial charge is 0.251 e. The Hall–Kier alpha value is -3.13. The van der Waals surface area contributed by atoms with Crippen molar-refractivity contribution in [3.05, 3.63) is 53.8 Å². The molecule has 0 unspecified atom stereocenters. The van der Waals surface area contributed by atoms with Gasteiger partial charge in [-0.2, -0.15) is 0 Å². The molecule has 3 rings (SSSR count). The van der Waals surface area contributed by atoms with Crippen molar-refractivity contribution in [3.8, 4) is 11.5 Å². The van der Waals surface area contributed by atoms with Crippen LogP contribution in [0.1, 0.15) is 37.0 Å². The molecule has 2 aromatic rings. The van der Waals surface area contributed by atoms with E-state index in [-0.39, 0.29) is 24.4 Å². The number of likely N-dealkylation sites (tertiary alicyclic amines) is 1. The van der Waals surface area contributed by atoms with E-state index in [1.807, 2.05) is 24.8 Å². The van der Waals surface area contributed by atoms with E-state index in [0.29, 0.717) is 61.9 Å². The number of carbonyl (C=O) groups is 2. The van der Waals surface area contributed by atoms with Crippen LogP contribution >= 0.6 is 0 Å². The van der Waals surface area contributed by atoms with Gasteiger partial charge in [0.2, 0.25) is 5.91 Å². The maximum Gasteiger partial charge on any atom is 0.251 e. The zero-order valence-electron chi connectivity index (χ0n) is 18.5. The summed E-state index contributed by atoms with van der Waals surface area (Å²) in [6.07, 6.45) is 1.43. The molecule has 32 heavy (non-hydrogen) atoms. The molecule has 2 N–H and O–H groups in total. The van der Waals surface area contributed by atoms with E-state index in [1.54, 1.807) is 18.2 Å². The Morgan fingerprint density at radius 3 is 2.25 bits per heavy atom. The topological polar surface area (TPSA) is 79.9 Å². The van der Waals surface area contributed by atoms with Gasteiger partial charge >= 0.3 is 0 Å². The summed E-state index contributed by atoms with van der Waals surface area (Å²) in [4.78, 5) is 27.1. The number of benzene rings is 2. The Balaban J connectivity index is 1.51. The molecule has 2 aromatic carbocycles. The predicted molar refractivity (Wildman–Crippen MR) is 121 cm³/mol. The number of para-hydroxylation sites is 1. The molecule has 0 radical (unpaired) electrons. The highest BCUT2D eigenvalue weighted by Crippen LogP contribution is 2.34. The number of anilines is 1. The minimum atomic E-state index is -0.433. The average molecular weight is 444 g/mol. The molecule has 1 aliphatic rings. The van der Waals surface area contributed by atoms with Crippen LogP contribution < -0.4 is 20.1 Å². The van der Waals surface area contributed by atoms with E-state index >= 15 is 0 Å². The van der Waals surface area contributed by atoms with E-state index in [0.717, 1.165) is 0 Å². The largest absolute Gasteiger partial charge is 0.492 e. The van der Waals surface area contributed by atoms with E-state index in [2.05, 4.69) is 10.6 Å². The van der Waals surface area contributed by atoms with Crippen LogP contribution in [0.25, 0.3) is 0 Å². The molecule has 2 amide bonds. The van der Waals surface area contributed by atoms with E-state index < -0.39 is 5.82 Å². The molecule has 1 saturated heterocycles. The standard InChI is InChI=1S/C24H30FN3O4/c1-3-31-20-9-6-10-21(32-4-2)23(20)27-22(29)16-28-13-11-19(12-14-28)26-24(30)17-7-5-8-18(25)15-17/h5-10,15,19H,3-4,11-14,16H2,1-2H3,(H,26,30)(H,27,29). The van der Waals surface area contributed by atoms with Gasteiger partial charge in [-0.1, -0.05) is 12.1 Å². The number of nitrogens with one attached hydrogen (secondary N) is 2. The third kappa shape index (κ3) is 6.43. The Morgan fingerprint density at radius 2 is 1.66 bits per heavy atom. The number of hydrogen-bond acceptors (Lipinski definition) is 5. The molecule has 0 aliphatic carbocycles. The van der Waals surface area contributed by atoms with Gasteiger partial charge in [0.05, 0.1) is 19.8 Å². The van der Waals surface area contributed by atoms with Crippen molar-refractivity contribution in [2.24, 2.45) is 0 Å². The summed E-state index contributed by atoms with van der Waals surface area (Å²) < 4.78 is 24.6. The molecule has 1 heterocycles. The lowest BCUT2D eigenvalue weighted by atomic mass is 10.0. The van der Waals surface area contributed by atoms with Crippen molar-refractivity contribution in [2.45, 2.75) is 32.7 Å². The van der Waals surface area contributed by atoms with Crippen molar-refractivity contribution in [3.63, 3.8) is 0 Å². The Morgan fingerprint density at radius 1 is 1.03 bits per heavy atom. The van der Waals surface area contributed by atoms with E-state index in [4.69, 9.17) is 9.47 Å². The summed E-state index contributed by atoms with van der Waals surface area (Å²) >= 11 is 0. The van der Waals surface area contributed by atoms with Crippen molar-refractivity contribution < 1.29 is 23.5 Å². The Kier molecular flexibility index (Phi) is 8.44. The molecule has 0 bridgehead atoms. The number of amides is 2. The van der Waals surface area contributed by atoms with Crippen LogP contribution in [0.2, 0.25) is 0 Å². The Bertz CT molecular complexity index is 905. The van der Waals surface area contributed by atoms with Crippen LogP contribution in [0.3, 0.4) is 0 Å². The van der Waals surface area contributed by atoms with Crippen LogP contribution in [0.4, 0.5) is 10.1 Å². The van der Waals surface area contributed by atoms with Crippen molar-refractivity contribution in [1.82, 2.24) is 10.2 Å². The Labute approximate surface area is 187 Å². The molecule has 8 heteroatoms. The van der Waals surface area contributed by atoms with Gasteiger partial charge < -0.3 is 20.1 Å². The molecule has 0 aromatic heterocycles. The number of nitrogens with zero attached hydrogens (tertiary/aromatic N) is 1. The molecule has 7 nitrogen and oxygen atoms in total. The second-order valence-corrected chi connectivity index (χ2v) is 7.58. The van der Waals surface area contributed by atoms with Gasteiger partial charge in [0.25, 0.3) is 5.91 Å². The second-order valence-electron chi connectivity index (χ2n) is 7.58. The van der Waals surface area contributed by atoms with Crippen LogP contribution in [0.15, 0.2) is 42.5 Å². The van der Waals surface area contributed by atoms with Gasteiger partial charge in [-0.3, -0.25) is 14.5 Å². The van der Waals surface area contributed by atoms with Gasteiger partial charge in [0.1, 0.15) is 23.0 Å². The highest BCUT2D eigenvalue weighted by atomic mass is 19.1. The van der Waals surface area contributed by atoms with Crippen LogP contribution in [0, 0.1) is 5.82 Å². The third-order valence-corrected chi connectivity index (χ3v) is 5.23. The second kappa shape index (κ2) is 11.5. The fourth-order valence-electron chi connectivity index (χ4n) is 3.70. The molecule has 0 spiro atoms. The zero-order chi connectivity index (χ0) is 22.9. The normalized spacial score (nSPS) is 14.6. The lowest BCUT2D eigenvalue weighted by Gasteiger charge is -2.32. The van der Waals surface area contributed by atoms with Gasteiger partial charge in [0, 0.05) is 24.7 Å². The van der Waals surface area contributed by atoms with Gasteiger partial charge in [-0.05, 0) is 57.0 Å². The van der Waals surface area contributed by atoms with Gasteiger partial charge in [0.15, 0.2) is 0 Å². The third-order valence-electron chi connectivity index (χ3n) is 5.23. The summed E-state index contributed by atoms with van der Waals surface area (Å²) in [6, 6.07) is 11.1. The maximum absolute atomic E-state index is 13.3. The first-order chi connectivity index (χ1) is 15.5. The number of halogens is 1. The number of ether oxygens (including phenoxy) is 2. The number of carbonyl (C=O) groups excluding carboxylic acids is 2. The summed E-state index contributed by atoms with van der Waals surface area (Å²) in [7, 11) is 0. The van der Waals surface area contributed by atoms with Gasteiger partial charge in [-0.25, -0.2) is 4.39 Å². The summed E-state index contributed by atoms with van der Waals surface area (Å²) in [5.74, 6) is 0.282. The summed E-state index contributed by atoms with van der Waals surface area (Å²) in [5.41, 5.74) is 0.850.